The van der Waals surface area contributed by atoms with Gasteiger partial charge < -0.3 is 4.57 Å². The van der Waals surface area contributed by atoms with E-state index in [-0.39, 0.29) is 5.56 Å². The van der Waals surface area contributed by atoms with Crippen molar-refractivity contribution in [1.82, 2.24) is 19.2 Å². The molecule has 0 amide bonds. The Bertz CT molecular complexity index is 785. The Balaban J connectivity index is 2.16. The summed E-state index contributed by atoms with van der Waals surface area (Å²) in [6.07, 6.45) is 6.16. The number of aryl methyl sites for hydroxylation is 1. The van der Waals surface area contributed by atoms with Crippen molar-refractivity contribution in [2.75, 3.05) is 0 Å². The topological polar surface area (TPSA) is 52.2 Å². The first-order valence-electron chi connectivity index (χ1n) is 6.49. The zero-order valence-corrected chi connectivity index (χ0v) is 11.1. The smallest absolute Gasteiger partial charge is 0.261 e. The van der Waals surface area contributed by atoms with Gasteiger partial charge in [-0.25, -0.2) is 9.50 Å². The number of rotatable bonds is 3. The summed E-state index contributed by atoms with van der Waals surface area (Å²) in [5, 5.41) is 4.81. The molecule has 0 spiro atoms. The van der Waals surface area contributed by atoms with Gasteiger partial charge in [0.25, 0.3) is 5.56 Å². The maximum atomic E-state index is 12.4. The summed E-state index contributed by atoms with van der Waals surface area (Å²) in [4.78, 5) is 16.6. The van der Waals surface area contributed by atoms with Gasteiger partial charge in [-0.3, -0.25) is 4.79 Å². The van der Waals surface area contributed by atoms with E-state index in [4.69, 9.17) is 0 Å². The number of nitrogens with zero attached hydrogens (tertiary/aromatic N) is 4. The van der Waals surface area contributed by atoms with E-state index in [9.17, 15) is 4.79 Å². The van der Waals surface area contributed by atoms with Gasteiger partial charge in [-0.1, -0.05) is 13.8 Å². The predicted octanol–water partition coefficient (Wildman–Crippen LogP) is 2.09. The van der Waals surface area contributed by atoms with Crippen LogP contribution in [0.25, 0.3) is 16.6 Å². The van der Waals surface area contributed by atoms with Crippen LogP contribution in [-0.2, 0) is 6.54 Å². The number of aromatic nitrogens is 4. The lowest BCUT2D eigenvalue weighted by molar-refractivity contribution is 0.509. The average molecular weight is 256 g/mol. The lowest BCUT2D eigenvalue weighted by Gasteiger charge is -2.09. The SMILES string of the molecule is CC(C)CCn1ccc2c(cnc3ccnn32)c1=O. The van der Waals surface area contributed by atoms with Crippen LogP contribution in [0.1, 0.15) is 20.3 Å². The first-order chi connectivity index (χ1) is 9.16. The third-order valence-corrected chi connectivity index (χ3v) is 3.30. The van der Waals surface area contributed by atoms with Crippen LogP contribution in [0.15, 0.2) is 35.5 Å². The summed E-state index contributed by atoms with van der Waals surface area (Å²) in [5.41, 5.74) is 1.57. The molecule has 3 aromatic heterocycles. The molecule has 0 unspecified atom stereocenters. The van der Waals surface area contributed by atoms with E-state index >= 15 is 0 Å². The molecular formula is C14H16N4O. The zero-order chi connectivity index (χ0) is 13.4. The summed E-state index contributed by atoms with van der Waals surface area (Å²) < 4.78 is 3.45. The molecule has 0 N–H and O–H groups in total. The van der Waals surface area contributed by atoms with Crippen LogP contribution >= 0.6 is 0 Å². The highest BCUT2D eigenvalue weighted by molar-refractivity contribution is 5.78. The van der Waals surface area contributed by atoms with E-state index in [1.165, 1.54) is 0 Å². The predicted molar refractivity (Wildman–Crippen MR) is 74.2 cm³/mol. The van der Waals surface area contributed by atoms with Gasteiger partial charge in [0.05, 0.1) is 17.1 Å². The molecule has 3 rings (SSSR count). The lowest BCUT2D eigenvalue weighted by Crippen LogP contribution is -2.21. The van der Waals surface area contributed by atoms with Gasteiger partial charge in [-0.15, -0.1) is 0 Å². The molecule has 0 saturated carbocycles. The average Bonchev–Trinajstić information content (AvgIpc) is 2.86. The van der Waals surface area contributed by atoms with Crippen molar-refractivity contribution in [3.05, 3.63) is 41.1 Å². The maximum absolute atomic E-state index is 12.4. The molecule has 5 heteroatoms. The van der Waals surface area contributed by atoms with Crippen molar-refractivity contribution in [2.24, 2.45) is 5.92 Å². The van der Waals surface area contributed by atoms with Crippen molar-refractivity contribution in [2.45, 2.75) is 26.8 Å². The molecule has 5 nitrogen and oxygen atoms in total. The molecule has 98 valence electrons. The van der Waals surface area contributed by atoms with Gasteiger partial charge in [-0.05, 0) is 18.4 Å². The lowest BCUT2D eigenvalue weighted by atomic mass is 10.1. The molecule has 0 radical (unpaired) electrons. The molecule has 0 atom stereocenters. The Hall–Kier alpha value is -2.17. The van der Waals surface area contributed by atoms with Crippen LogP contribution in [0, 0.1) is 5.92 Å². The minimum atomic E-state index is 0.00282. The van der Waals surface area contributed by atoms with E-state index in [1.54, 1.807) is 21.5 Å². The second-order valence-corrected chi connectivity index (χ2v) is 5.16. The highest BCUT2D eigenvalue weighted by atomic mass is 16.1. The zero-order valence-electron chi connectivity index (χ0n) is 11.1. The minimum Gasteiger partial charge on any atom is -0.315 e. The minimum absolute atomic E-state index is 0.00282. The Morgan fingerprint density at radius 3 is 2.95 bits per heavy atom. The summed E-state index contributed by atoms with van der Waals surface area (Å²) in [7, 11) is 0. The van der Waals surface area contributed by atoms with Crippen molar-refractivity contribution >= 4 is 16.6 Å². The Morgan fingerprint density at radius 1 is 1.32 bits per heavy atom. The van der Waals surface area contributed by atoms with Crippen molar-refractivity contribution in [3.63, 3.8) is 0 Å². The molecule has 0 aliphatic rings. The summed E-state index contributed by atoms with van der Waals surface area (Å²) in [6.45, 7) is 5.05. The van der Waals surface area contributed by atoms with Gasteiger partial charge in [0.15, 0.2) is 5.65 Å². The van der Waals surface area contributed by atoms with Crippen LogP contribution in [0.3, 0.4) is 0 Å². The molecular weight excluding hydrogens is 240 g/mol. The van der Waals surface area contributed by atoms with Crippen molar-refractivity contribution in [1.29, 1.82) is 0 Å². The fraction of sp³-hybridized carbons (Fsp3) is 0.357. The number of hydrogen-bond donors (Lipinski definition) is 0. The molecule has 0 saturated heterocycles. The first kappa shape index (κ1) is 11.9. The molecule has 3 aromatic rings. The third kappa shape index (κ3) is 2.01. The summed E-state index contributed by atoms with van der Waals surface area (Å²) in [5.74, 6) is 0.578. The van der Waals surface area contributed by atoms with Crippen LogP contribution in [0.4, 0.5) is 0 Å². The molecule has 3 heterocycles. The van der Waals surface area contributed by atoms with Gasteiger partial charge in [0, 0.05) is 25.0 Å². The Morgan fingerprint density at radius 2 is 2.16 bits per heavy atom. The van der Waals surface area contributed by atoms with Crippen molar-refractivity contribution in [3.8, 4) is 0 Å². The van der Waals surface area contributed by atoms with Crippen LogP contribution in [0.2, 0.25) is 0 Å². The van der Waals surface area contributed by atoms with Gasteiger partial charge >= 0.3 is 0 Å². The van der Waals surface area contributed by atoms with E-state index in [1.807, 2.05) is 18.3 Å². The largest absolute Gasteiger partial charge is 0.315 e. The van der Waals surface area contributed by atoms with Gasteiger partial charge in [-0.2, -0.15) is 5.10 Å². The van der Waals surface area contributed by atoms with Crippen LogP contribution in [-0.4, -0.2) is 19.2 Å². The van der Waals surface area contributed by atoms with E-state index < -0.39 is 0 Å². The third-order valence-electron chi connectivity index (χ3n) is 3.30. The van der Waals surface area contributed by atoms with Crippen LogP contribution in [0.5, 0.6) is 0 Å². The number of hydrogen-bond acceptors (Lipinski definition) is 3. The van der Waals surface area contributed by atoms with Crippen molar-refractivity contribution < 1.29 is 0 Å². The first-order valence-corrected chi connectivity index (χ1v) is 6.49. The highest BCUT2D eigenvalue weighted by Gasteiger charge is 2.07. The summed E-state index contributed by atoms with van der Waals surface area (Å²) >= 11 is 0. The molecule has 0 bridgehead atoms. The Labute approximate surface area is 110 Å². The second-order valence-electron chi connectivity index (χ2n) is 5.16. The number of pyridine rings is 1. The van der Waals surface area contributed by atoms with E-state index in [0.717, 1.165) is 24.1 Å². The number of fused-ring (bicyclic) bond motifs is 3. The maximum Gasteiger partial charge on any atom is 0.261 e. The second kappa shape index (κ2) is 4.50. The van der Waals surface area contributed by atoms with E-state index in [2.05, 4.69) is 23.9 Å². The van der Waals surface area contributed by atoms with Gasteiger partial charge in [0.2, 0.25) is 0 Å². The summed E-state index contributed by atoms with van der Waals surface area (Å²) in [6, 6.07) is 3.75. The van der Waals surface area contributed by atoms with Gasteiger partial charge in [0.1, 0.15) is 0 Å². The fourth-order valence-electron chi connectivity index (χ4n) is 2.17. The standard InChI is InChI=1S/C14H16N4O/c1-10(2)4-7-17-8-5-12-11(14(17)19)9-15-13-3-6-16-18(12)13/h3,5-6,8-10H,4,7H2,1-2H3. The quantitative estimate of drug-likeness (QED) is 0.721. The van der Waals surface area contributed by atoms with Crippen LogP contribution < -0.4 is 5.56 Å². The molecule has 0 fully saturated rings. The molecule has 19 heavy (non-hydrogen) atoms. The fourth-order valence-corrected chi connectivity index (χ4v) is 2.17. The molecule has 0 aromatic carbocycles. The van der Waals surface area contributed by atoms with E-state index in [0.29, 0.717) is 11.3 Å². The Kier molecular flexibility index (Phi) is 2.81. The normalized spacial score (nSPS) is 11.7. The molecule has 0 aliphatic heterocycles. The highest BCUT2D eigenvalue weighted by Crippen LogP contribution is 2.11. The monoisotopic (exact) mass is 256 g/mol. The molecule has 0 aliphatic carbocycles.